The number of carbonyl (C=O) groups is 1. The van der Waals surface area contributed by atoms with Gasteiger partial charge in [-0.3, -0.25) is 15.2 Å². The van der Waals surface area contributed by atoms with E-state index in [-0.39, 0.29) is 14.2 Å². The van der Waals surface area contributed by atoms with E-state index < -0.39 is 72.2 Å². The molecule has 1 aromatic heterocycles. The Balaban J connectivity index is 1.82. The number of terminal acetylenes is 1. The first-order valence-corrected chi connectivity index (χ1v) is 16.2. The Morgan fingerprint density at radius 2 is 1.56 bits per heavy atom. The Kier molecular flexibility index (Phi) is 9.62. The minimum atomic E-state index is -5.21. The van der Waals surface area contributed by atoms with Crippen molar-refractivity contribution in [3.8, 4) is 12.3 Å². The summed E-state index contributed by atoms with van der Waals surface area (Å²) in [7, 11) is -9.77. The quantitative estimate of drug-likeness (QED) is 0.168. The van der Waals surface area contributed by atoms with Crippen LogP contribution in [0.5, 0.6) is 0 Å². The van der Waals surface area contributed by atoms with Crippen LogP contribution in [0, 0.1) is 25.2 Å². The Morgan fingerprint density at radius 1 is 0.978 bits per heavy atom. The van der Waals surface area contributed by atoms with Gasteiger partial charge in [-0.1, -0.05) is 47.4 Å². The molecule has 45 heavy (non-hydrogen) atoms. The van der Waals surface area contributed by atoms with Crippen molar-refractivity contribution in [3.05, 3.63) is 88.7 Å². The lowest BCUT2D eigenvalue weighted by molar-refractivity contribution is -0.155. The molecule has 1 saturated carbocycles. The summed E-state index contributed by atoms with van der Waals surface area (Å²) in [5.41, 5.74) is 0.217. The second-order valence-electron chi connectivity index (χ2n) is 10.1. The third-order valence-electron chi connectivity index (χ3n) is 6.83. The van der Waals surface area contributed by atoms with Gasteiger partial charge in [0.05, 0.1) is 10.9 Å². The van der Waals surface area contributed by atoms with Crippen LogP contribution in [0.1, 0.15) is 35.7 Å². The normalized spacial score (nSPS) is 15.7. The van der Waals surface area contributed by atoms with Crippen LogP contribution in [0.15, 0.2) is 76.7 Å². The van der Waals surface area contributed by atoms with Gasteiger partial charge in [0.2, 0.25) is 10.0 Å². The highest BCUT2D eigenvalue weighted by atomic mass is 35.5. The maximum atomic E-state index is 16.4. The lowest BCUT2D eigenvalue weighted by Gasteiger charge is -2.38. The van der Waals surface area contributed by atoms with Crippen LogP contribution in [0.3, 0.4) is 0 Å². The van der Waals surface area contributed by atoms with Gasteiger partial charge < -0.3 is 0 Å². The molecule has 0 aliphatic heterocycles. The van der Waals surface area contributed by atoms with Gasteiger partial charge in [0, 0.05) is 11.2 Å². The largest absolute Gasteiger partial charge is 0.433 e. The zero-order chi connectivity index (χ0) is 33.4. The Bertz CT molecular complexity index is 1810. The molecule has 0 radical (unpaired) electrons. The van der Waals surface area contributed by atoms with Gasteiger partial charge in [0.25, 0.3) is 10.0 Å². The first-order chi connectivity index (χ1) is 20.9. The van der Waals surface area contributed by atoms with Crippen LogP contribution in [-0.2, 0) is 31.0 Å². The monoisotopic (exact) mass is 690 g/mol. The first-order valence-electron chi connectivity index (χ1n) is 12.9. The average molecular weight is 691 g/mol. The molecule has 1 aliphatic carbocycles. The second-order valence-corrected chi connectivity index (χ2v) is 14.1. The molecule has 9 nitrogen and oxygen atoms in total. The molecule has 1 heterocycles. The third kappa shape index (κ3) is 7.45. The first kappa shape index (κ1) is 34.3. The van der Waals surface area contributed by atoms with Crippen LogP contribution in [0.25, 0.3) is 0 Å². The summed E-state index contributed by atoms with van der Waals surface area (Å²) in [6, 6.07) is 6.06. The van der Waals surface area contributed by atoms with E-state index in [2.05, 4.69) is 10.9 Å². The second kappa shape index (κ2) is 12.6. The summed E-state index contributed by atoms with van der Waals surface area (Å²) in [6.45, 7) is 1.68. The van der Waals surface area contributed by atoms with E-state index in [1.165, 1.54) is 17.6 Å². The third-order valence-corrected chi connectivity index (χ3v) is 10.2. The molecule has 0 spiro atoms. The number of hydrogen-bond donors (Lipinski definition) is 2. The number of halogens is 6. The van der Waals surface area contributed by atoms with E-state index in [1.807, 2.05) is 0 Å². The van der Waals surface area contributed by atoms with Crippen LogP contribution >= 0.6 is 11.6 Å². The molecule has 240 valence electrons. The molecular weight excluding hydrogens is 667 g/mol. The molecule has 4 rings (SSSR count). The van der Waals surface area contributed by atoms with Crippen LogP contribution in [-0.4, -0.2) is 44.0 Å². The Morgan fingerprint density at radius 3 is 2.04 bits per heavy atom. The molecule has 2 atom stereocenters. The molecule has 1 amide bonds. The predicted octanol–water partition coefficient (Wildman–Crippen LogP) is 4.85. The summed E-state index contributed by atoms with van der Waals surface area (Å²) >= 11 is 5.92. The van der Waals surface area contributed by atoms with E-state index >= 15 is 8.78 Å². The van der Waals surface area contributed by atoms with Gasteiger partial charge in [-0.25, -0.2) is 16.8 Å². The number of aryl methyl sites for hydroxylation is 1. The predicted molar refractivity (Wildman–Crippen MR) is 152 cm³/mol. The van der Waals surface area contributed by atoms with Crippen LogP contribution < -0.4 is 10.3 Å². The van der Waals surface area contributed by atoms with Gasteiger partial charge in [-0.2, -0.15) is 26.3 Å². The van der Waals surface area contributed by atoms with E-state index in [0.29, 0.717) is 36.7 Å². The molecule has 2 aromatic carbocycles. The number of alkyl halides is 5. The minimum absolute atomic E-state index is 0.0631. The maximum Gasteiger partial charge on any atom is 0.433 e. The average Bonchev–Trinajstić information content (AvgIpc) is 3.82. The van der Waals surface area contributed by atoms with Gasteiger partial charge in [0.15, 0.2) is 0 Å². The van der Waals surface area contributed by atoms with Crippen molar-refractivity contribution in [3.63, 3.8) is 0 Å². The fourth-order valence-electron chi connectivity index (χ4n) is 4.36. The number of hydrogen-bond acceptors (Lipinski definition) is 6. The zero-order valence-electron chi connectivity index (χ0n) is 23.1. The van der Waals surface area contributed by atoms with Crippen molar-refractivity contribution in [2.45, 2.75) is 53.7 Å². The number of hydrazine groups is 1. The van der Waals surface area contributed by atoms with E-state index in [0.717, 1.165) is 36.4 Å². The van der Waals surface area contributed by atoms with Crippen molar-refractivity contribution in [1.29, 1.82) is 0 Å². The van der Waals surface area contributed by atoms with Crippen molar-refractivity contribution in [2.75, 3.05) is 0 Å². The van der Waals surface area contributed by atoms with E-state index in [4.69, 9.17) is 18.0 Å². The Labute approximate surface area is 260 Å². The molecule has 1 aliphatic rings. The molecule has 0 saturated heterocycles. The van der Waals surface area contributed by atoms with Crippen LogP contribution in [0.4, 0.5) is 22.0 Å². The maximum absolute atomic E-state index is 16.4. The van der Waals surface area contributed by atoms with Crippen LogP contribution in [0.2, 0.25) is 5.02 Å². The van der Waals surface area contributed by atoms with E-state index in [1.54, 1.807) is 11.8 Å². The zero-order valence-corrected chi connectivity index (χ0v) is 25.5. The summed E-state index contributed by atoms with van der Waals surface area (Å²) in [5, 5.41) is 0.0631. The minimum Gasteiger partial charge on any atom is -0.272 e. The summed E-state index contributed by atoms with van der Waals surface area (Å²) in [5.74, 6) is -5.47. The number of nitrogens with one attached hydrogen (secondary N) is 2. The number of amides is 1. The van der Waals surface area contributed by atoms with Gasteiger partial charge in [-0.15, -0.1) is 11.3 Å². The Hall–Kier alpha value is -3.62. The molecule has 17 heteroatoms. The highest BCUT2D eigenvalue weighted by molar-refractivity contribution is 7.89. The number of rotatable bonds is 11. The van der Waals surface area contributed by atoms with Crippen molar-refractivity contribution < 1.29 is 43.6 Å². The van der Waals surface area contributed by atoms with Crippen molar-refractivity contribution in [1.82, 2.24) is 19.5 Å². The SMILES string of the molecule is C#CC(C1CC1)N([C@@H](c1ccc(Cl)cc1)C(F)(F)C(=O)NNS(=O)(=O)c1ccc(C)cc1)S(=O)(=O)c1ccc(C(F)(F)F)nc1. The highest BCUT2D eigenvalue weighted by Gasteiger charge is 2.57. The smallest absolute Gasteiger partial charge is 0.272 e. The standard InChI is InChI=1S/C28H24ClF5N4O5S2/c1-3-23(18-6-7-18)38(45(42,43)22-14-15-24(35-16-22)28(32,33)34)25(19-8-10-20(29)11-9-19)27(30,31)26(39)36-37-44(40,41)21-12-4-17(2)5-13-21/h1,4-5,8-16,18,23,25,37H,6-7H2,2H3,(H,36,39)/t23?,25-/m0/s1. The number of carbonyl (C=O) groups excluding carboxylic acids is 1. The lowest BCUT2D eigenvalue weighted by Crippen LogP contribution is -2.57. The highest BCUT2D eigenvalue weighted by Crippen LogP contribution is 2.46. The molecule has 0 bridgehead atoms. The van der Waals surface area contributed by atoms with Gasteiger partial charge in [-0.05, 0) is 67.6 Å². The fourth-order valence-corrected chi connectivity index (χ4v) is 7.06. The number of nitrogens with zero attached hydrogens (tertiary/aromatic N) is 2. The lowest BCUT2D eigenvalue weighted by atomic mass is 9.98. The fraction of sp³-hybridized carbons (Fsp3) is 0.286. The summed E-state index contributed by atoms with van der Waals surface area (Å²) in [4.78, 5) is 16.5. The number of aromatic nitrogens is 1. The van der Waals surface area contributed by atoms with E-state index in [9.17, 15) is 34.8 Å². The number of benzene rings is 2. The molecule has 2 N–H and O–H groups in total. The number of sulfonamides is 2. The van der Waals surface area contributed by atoms with Crippen molar-refractivity contribution >= 4 is 37.6 Å². The van der Waals surface area contributed by atoms with Crippen molar-refractivity contribution in [2.24, 2.45) is 5.92 Å². The molecule has 1 unspecified atom stereocenters. The molecular formula is C28H24ClF5N4O5S2. The topological polar surface area (TPSA) is 126 Å². The number of pyridine rings is 1. The summed E-state index contributed by atoms with van der Waals surface area (Å²) in [6.07, 6.45) is 1.71. The summed E-state index contributed by atoms with van der Waals surface area (Å²) < 4.78 is 126. The molecule has 3 aromatic rings. The van der Waals surface area contributed by atoms with Gasteiger partial charge >= 0.3 is 18.0 Å². The van der Waals surface area contributed by atoms with Gasteiger partial charge in [0.1, 0.15) is 16.6 Å². The molecule has 1 fully saturated rings.